The fraction of sp³-hybridized carbons (Fsp3) is 0.235. The second-order valence-electron chi connectivity index (χ2n) is 4.93. The van der Waals surface area contributed by atoms with Crippen LogP contribution < -0.4 is 10.6 Å². The Bertz CT molecular complexity index is 681. The van der Waals surface area contributed by atoms with Gasteiger partial charge in [-0.15, -0.1) is 0 Å². The molecule has 2 N–H and O–H groups in total. The smallest absolute Gasteiger partial charge is 0.173 e. The van der Waals surface area contributed by atoms with Crippen molar-refractivity contribution < 1.29 is 9.47 Å². The highest BCUT2D eigenvalue weighted by Gasteiger charge is 2.16. The van der Waals surface area contributed by atoms with E-state index < -0.39 is 0 Å². The molecule has 0 aliphatic carbocycles. The minimum atomic E-state index is -0.318. The van der Waals surface area contributed by atoms with Crippen LogP contribution in [0.5, 0.6) is 0 Å². The molecule has 1 aliphatic heterocycles. The SMILES string of the molecule is COC(CNC1=Nc2ccccc2Nc2ccccc21)OC. The molecule has 22 heavy (non-hydrogen) atoms. The van der Waals surface area contributed by atoms with E-state index in [1.54, 1.807) is 14.2 Å². The topological polar surface area (TPSA) is 54.9 Å². The van der Waals surface area contributed by atoms with Gasteiger partial charge >= 0.3 is 0 Å². The lowest BCUT2D eigenvalue weighted by Gasteiger charge is -2.16. The standard InChI is InChI=1S/C17H19N3O2/c1-21-16(22-2)11-18-17-12-7-3-4-8-13(12)19-14-9-5-6-10-15(14)20-17/h3-10,16,19H,11H2,1-2H3,(H,18,20). The van der Waals surface area contributed by atoms with Crippen molar-refractivity contribution in [2.75, 3.05) is 26.1 Å². The summed E-state index contributed by atoms with van der Waals surface area (Å²) in [6.07, 6.45) is -0.318. The third kappa shape index (κ3) is 2.95. The highest BCUT2D eigenvalue weighted by Crippen LogP contribution is 2.33. The number of rotatable bonds is 4. The summed E-state index contributed by atoms with van der Waals surface area (Å²) in [5.74, 6) is 0.798. The maximum atomic E-state index is 5.22. The number of fused-ring (bicyclic) bond motifs is 2. The Labute approximate surface area is 130 Å². The number of para-hydroxylation sites is 3. The number of hydrogen-bond donors (Lipinski definition) is 2. The lowest BCUT2D eigenvalue weighted by Crippen LogP contribution is -2.34. The van der Waals surface area contributed by atoms with Crippen LogP contribution >= 0.6 is 0 Å². The molecule has 1 heterocycles. The van der Waals surface area contributed by atoms with Crippen LogP contribution in [0.25, 0.3) is 0 Å². The van der Waals surface area contributed by atoms with Gasteiger partial charge in [0.05, 0.1) is 17.9 Å². The quantitative estimate of drug-likeness (QED) is 0.852. The van der Waals surface area contributed by atoms with Crippen molar-refractivity contribution in [2.24, 2.45) is 4.99 Å². The molecular formula is C17H19N3O2. The fourth-order valence-corrected chi connectivity index (χ4v) is 2.38. The summed E-state index contributed by atoms with van der Waals surface area (Å²) in [6.45, 7) is 0.516. The molecule has 0 atom stereocenters. The summed E-state index contributed by atoms with van der Waals surface area (Å²) in [5, 5.41) is 6.75. The fourth-order valence-electron chi connectivity index (χ4n) is 2.38. The molecule has 5 nitrogen and oxygen atoms in total. The first kappa shape index (κ1) is 14.6. The van der Waals surface area contributed by atoms with Crippen LogP contribution in [0.1, 0.15) is 5.56 Å². The zero-order chi connectivity index (χ0) is 15.4. The molecule has 0 bridgehead atoms. The number of methoxy groups -OCH3 is 2. The Kier molecular flexibility index (Phi) is 4.37. The van der Waals surface area contributed by atoms with Gasteiger partial charge < -0.3 is 20.1 Å². The van der Waals surface area contributed by atoms with Crippen LogP contribution in [-0.4, -0.2) is 32.9 Å². The number of nitrogens with zero attached hydrogens (tertiary/aromatic N) is 1. The van der Waals surface area contributed by atoms with E-state index in [0.717, 1.165) is 28.5 Å². The normalized spacial score (nSPS) is 12.8. The van der Waals surface area contributed by atoms with E-state index in [9.17, 15) is 0 Å². The Balaban J connectivity index is 1.96. The summed E-state index contributed by atoms with van der Waals surface area (Å²) in [4.78, 5) is 4.75. The van der Waals surface area contributed by atoms with Gasteiger partial charge in [-0.2, -0.15) is 0 Å². The molecule has 2 aromatic carbocycles. The Hall–Kier alpha value is -2.37. The third-order valence-electron chi connectivity index (χ3n) is 3.55. The van der Waals surface area contributed by atoms with Crippen molar-refractivity contribution in [1.82, 2.24) is 5.32 Å². The van der Waals surface area contributed by atoms with Crippen LogP contribution in [0.3, 0.4) is 0 Å². The summed E-state index contributed by atoms with van der Waals surface area (Å²) in [5.41, 5.74) is 3.92. The van der Waals surface area contributed by atoms with Gasteiger partial charge in [0.15, 0.2) is 6.29 Å². The second-order valence-corrected chi connectivity index (χ2v) is 4.93. The van der Waals surface area contributed by atoms with Gasteiger partial charge in [-0.1, -0.05) is 24.3 Å². The largest absolute Gasteiger partial charge is 0.364 e. The highest BCUT2D eigenvalue weighted by atomic mass is 16.7. The molecule has 0 saturated carbocycles. The Morgan fingerprint density at radius 2 is 1.68 bits per heavy atom. The van der Waals surface area contributed by atoms with Crippen LogP contribution in [0.15, 0.2) is 53.5 Å². The minimum Gasteiger partial charge on any atom is -0.364 e. The molecule has 0 spiro atoms. The van der Waals surface area contributed by atoms with Gasteiger partial charge in [0, 0.05) is 25.5 Å². The number of benzene rings is 2. The Morgan fingerprint density at radius 3 is 2.45 bits per heavy atom. The van der Waals surface area contributed by atoms with Gasteiger partial charge in [0.2, 0.25) is 0 Å². The zero-order valence-electron chi connectivity index (χ0n) is 12.7. The van der Waals surface area contributed by atoms with E-state index in [4.69, 9.17) is 14.5 Å². The molecule has 3 rings (SSSR count). The summed E-state index contributed by atoms with van der Waals surface area (Å²) in [7, 11) is 3.24. The average Bonchev–Trinajstić information content (AvgIpc) is 2.72. The first-order chi connectivity index (χ1) is 10.8. The van der Waals surface area contributed by atoms with Crippen LogP contribution in [-0.2, 0) is 9.47 Å². The predicted molar refractivity (Wildman–Crippen MR) is 88.2 cm³/mol. The minimum absolute atomic E-state index is 0.318. The predicted octanol–water partition coefficient (Wildman–Crippen LogP) is 3.03. The number of aliphatic imine (C=N–C) groups is 1. The molecule has 0 saturated heterocycles. The highest BCUT2D eigenvalue weighted by molar-refractivity contribution is 6.07. The zero-order valence-corrected chi connectivity index (χ0v) is 12.7. The number of anilines is 2. The van der Waals surface area contributed by atoms with Crippen molar-refractivity contribution in [1.29, 1.82) is 0 Å². The number of amidine groups is 1. The van der Waals surface area contributed by atoms with E-state index in [0.29, 0.717) is 6.54 Å². The molecule has 114 valence electrons. The monoisotopic (exact) mass is 297 g/mol. The van der Waals surface area contributed by atoms with Crippen LogP contribution in [0, 0.1) is 0 Å². The van der Waals surface area contributed by atoms with Gasteiger partial charge in [-0.05, 0) is 24.3 Å². The van der Waals surface area contributed by atoms with E-state index >= 15 is 0 Å². The Morgan fingerprint density at radius 1 is 1.00 bits per heavy atom. The third-order valence-corrected chi connectivity index (χ3v) is 3.55. The van der Waals surface area contributed by atoms with Crippen molar-refractivity contribution in [3.05, 3.63) is 54.1 Å². The van der Waals surface area contributed by atoms with Crippen molar-refractivity contribution in [3.63, 3.8) is 0 Å². The number of ether oxygens (including phenoxy) is 2. The van der Waals surface area contributed by atoms with Crippen LogP contribution in [0.4, 0.5) is 17.1 Å². The summed E-state index contributed by atoms with van der Waals surface area (Å²) in [6, 6.07) is 16.1. The average molecular weight is 297 g/mol. The van der Waals surface area contributed by atoms with Gasteiger partial charge in [0.1, 0.15) is 5.84 Å². The maximum absolute atomic E-state index is 5.22. The van der Waals surface area contributed by atoms with E-state index in [1.165, 1.54) is 0 Å². The summed E-state index contributed by atoms with van der Waals surface area (Å²) < 4.78 is 10.4. The van der Waals surface area contributed by atoms with E-state index in [2.05, 4.69) is 10.6 Å². The molecule has 5 heteroatoms. The number of hydrogen-bond acceptors (Lipinski definition) is 5. The molecule has 0 radical (unpaired) electrons. The molecule has 0 fully saturated rings. The molecule has 1 aliphatic rings. The van der Waals surface area contributed by atoms with Crippen molar-refractivity contribution in [3.8, 4) is 0 Å². The van der Waals surface area contributed by atoms with Crippen LogP contribution in [0.2, 0.25) is 0 Å². The van der Waals surface area contributed by atoms with E-state index in [-0.39, 0.29) is 6.29 Å². The van der Waals surface area contributed by atoms with E-state index in [1.807, 2.05) is 48.5 Å². The van der Waals surface area contributed by atoms with Gasteiger partial charge in [-0.25, -0.2) is 4.99 Å². The van der Waals surface area contributed by atoms with Crippen molar-refractivity contribution >= 4 is 22.9 Å². The lowest BCUT2D eigenvalue weighted by molar-refractivity contribution is -0.0965. The molecule has 0 amide bonds. The second kappa shape index (κ2) is 6.60. The lowest BCUT2D eigenvalue weighted by atomic mass is 10.1. The first-order valence-electron chi connectivity index (χ1n) is 7.15. The molecular weight excluding hydrogens is 278 g/mol. The van der Waals surface area contributed by atoms with Crippen molar-refractivity contribution in [2.45, 2.75) is 6.29 Å². The first-order valence-corrected chi connectivity index (χ1v) is 7.15. The molecule has 0 unspecified atom stereocenters. The van der Waals surface area contributed by atoms with Gasteiger partial charge in [-0.3, -0.25) is 0 Å². The number of nitrogens with one attached hydrogen (secondary N) is 2. The molecule has 0 aromatic heterocycles. The molecule has 2 aromatic rings. The summed E-state index contributed by atoms with van der Waals surface area (Å²) >= 11 is 0. The maximum Gasteiger partial charge on any atom is 0.173 e. The van der Waals surface area contributed by atoms with Gasteiger partial charge in [0.25, 0.3) is 0 Å².